The van der Waals surface area contributed by atoms with Gasteiger partial charge < -0.3 is 23.9 Å². The highest BCUT2D eigenvalue weighted by molar-refractivity contribution is 8.13. The molecule has 1 aliphatic heterocycles. The molecule has 0 spiro atoms. The molecular weight excluding hydrogens is 408 g/mol. The number of carbonyl (C=O) groups excluding carboxylic acids is 3. The number of furan rings is 1. The number of nitrogens with zero attached hydrogens (tertiary/aromatic N) is 3. The Morgan fingerprint density at radius 1 is 1.40 bits per heavy atom. The van der Waals surface area contributed by atoms with Crippen molar-refractivity contribution in [3.63, 3.8) is 0 Å². The highest BCUT2D eigenvalue weighted by Gasteiger charge is 2.23. The van der Waals surface area contributed by atoms with Crippen LogP contribution in [0.25, 0.3) is 0 Å². The number of carbonyl (C=O) groups is 3. The van der Waals surface area contributed by atoms with E-state index >= 15 is 0 Å². The van der Waals surface area contributed by atoms with Crippen molar-refractivity contribution in [2.75, 3.05) is 30.8 Å². The predicted octanol–water partition coefficient (Wildman–Crippen LogP) is 2.66. The van der Waals surface area contributed by atoms with E-state index < -0.39 is 18.5 Å². The largest absolute Gasteiger partial charge is 0.467 e. The van der Waals surface area contributed by atoms with E-state index in [4.69, 9.17) is 9.15 Å². The van der Waals surface area contributed by atoms with Gasteiger partial charge in [0.05, 0.1) is 24.8 Å². The monoisotopic (exact) mass is 430 g/mol. The van der Waals surface area contributed by atoms with Crippen molar-refractivity contribution in [2.24, 2.45) is 0 Å². The number of hydrogen-bond acceptors (Lipinski definition) is 7. The number of aromatic nitrogens is 1. The molecule has 9 nitrogen and oxygen atoms in total. The molecule has 0 unspecified atom stereocenters. The summed E-state index contributed by atoms with van der Waals surface area (Å²) < 4.78 is 12.2. The van der Waals surface area contributed by atoms with Gasteiger partial charge in [0.2, 0.25) is 0 Å². The number of ether oxygens (including phenoxy) is 1. The number of nitriles is 1. The zero-order valence-electron chi connectivity index (χ0n) is 16.8. The summed E-state index contributed by atoms with van der Waals surface area (Å²) in [6.07, 6.45) is 1.58. The van der Waals surface area contributed by atoms with E-state index in [9.17, 15) is 19.6 Å². The molecule has 1 saturated heterocycles. The Kier molecular flexibility index (Phi) is 6.84. The van der Waals surface area contributed by atoms with Gasteiger partial charge in [-0.2, -0.15) is 5.26 Å². The van der Waals surface area contributed by atoms with Crippen LogP contribution in [0, 0.1) is 25.2 Å². The Morgan fingerprint density at radius 2 is 2.20 bits per heavy atom. The van der Waals surface area contributed by atoms with Crippen LogP contribution in [-0.4, -0.2) is 52.0 Å². The molecule has 3 heterocycles. The van der Waals surface area contributed by atoms with Crippen LogP contribution in [0.1, 0.15) is 29.0 Å². The van der Waals surface area contributed by atoms with Crippen LogP contribution >= 0.6 is 11.8 Å². The van der Waals surface area contributed by atoms with Crippen LogP contribution in [0.3, 0.4) is 0 Å². The Bertz CT molecular complexity index is 990. The Labute approximate surface area is 177 Å². The lowest BCUT2D eigenvalue weighted by Crippen LogP contribution is -2.28. The number of thioether (sulfide) groups is 1. The zero-order valence-corrected chi connectivity index (χ0v) is 17.6. The molecule has 3 rings (SSSR count). The summed E-state index contributed by atoms with van der Waals surface area (Å²) in [4.78, 5) is 37.4. The highest BCUT2D eigenvalue weighted by atomic mass is 32.2. The van der Waals surface area contributed by atoms with E-state index in [1.807, 2.05) is 6.92 Å². The standard InChI is InChI=1S/C20H22N4O5S/c1-13-14(2)24(11-15-4-3-8-28-15)19(16(13)10-21)22-17(25)12-29-18(26)5-6-23-7-9-30-20(23)27/h3-4,8H,5-7,9,11-12H2,1-2H3,(H,22,25). The first kappa shape index (κ1) is 21.5. The van der Waals surface area contributed by atoms with Gasteiger partial charge in [-0.25, -0.2) is 0 Å². The van der Waals surface area contributed by atoms with Crippen molar-refractivity contribution >= 4 is 34.7 Å². The maximum absolute atomic E-state index is 12.4. The maximum atomic E-state index is 12.4. The maximum Gasteiger partial charge on any atom is 0.308 e. The average Bonchev–Trinajstić information content (AvgIpc) is 3.43. The van der Waals surface area contributed by atoms with Gasteiger partial charge in [-0.3, -0.25) is 14.4 Å². The number of anilines is 1. The van der Waals surface area contributed by atoms with Crippen molar-refractivity contribution in [1.82, 2.24) is 9.47 Å². The first-order valence-corrected chi connectivity index (χ1v) is 10.4. The highest BCUT2D eigenvalue weighted by Crippen LogP contribution is 2.27. The summed E-state index contributed by atoms with van der Waals surface area (Å²) in [7, 11) is 0. The van der Waals surface area contributed by atoms with Crippen molar-refractivity contribution in [1.29, 1.82) is 5.26 Å². The molecule has 0 radical (unpaired) electrons. The molecule has 1 aliphatic rings. The number of rotatable bonds is 8. The van der Waals surface area contributed by atoms with Crippen LogP contribution in [0.5, 0.6) is 0 Å². The molecule has 0 saturated carbocycles. The van der Waals surface area contributed by atoms with Gasteiger partial charge in [-0.15, -0.1) is 0 Å². The van der Waals surface area contributed by atoms with Crippen molar-refractivity contribution in [2.45, 2.75) is 26.8 Å². The summed E-state index contributed by atoms with van der Waals surface area (Å²) in [6, 6.07) is 5.68. The molecule has 10 heteroatoms. The molecule has 0 aliphatic carbocycles. The van der Waals surface area contributed by atoms with Crippen molar-refractivity contribution in [3.8, 4) is 6.07 Å². The number of amides is 2. The first-order chi connectivity index (χ1) is 14.4. The van der Waals surface area contributed by atoms with Crippen LogP contribution in [0.4, 0.5) is 10.6 Å². The summed E-state index contributed by atoms with van der Waals surface area (Å²) in [5.74, 6) is 0.617. The second kappa shape index (κ2) is 9.54. The molecule has 2 aromatic rings. The number of nitrogens with one attached hydrogen (secondary N) is 1. The minimum atomic E-state index is -0.561. The van der Waals surface area contributed by atoms with Crippen LogP contribution in [0.15, 0.2) is 22.8 Å². The second-order valence-corrected chi connectivity index (χ2v) is 7.82. The quantitative estimate of drug-likeness (QED) is 0.640. The van der Waals surface area contributed by atoms with E-state index in [1.54, 1.807) is 34.8 Å². The molecule has 158 valence electrons. The Hall–Kier alpha value is -3.19. The summed E-state index contributed by atoms with van der Waals surface area (Å²) in [6.45, 7) is 4.41. The molecule has 0 aromatic carbocycles. The summed E-state index contributed by atoms with van der Waals surface area (Å²) in [5, 5.41) is 12.2. The lowest BCUT2D eigenvalue weighted by molar-refractivity contribution is -0.147. The van der Waals surface area contributed by atoms with Gasteiger partial charge in [0.1, 0.15) is 17.6 Å². The topological polar surface area (TPSA) is 118 Å². The van der Waals surface area contributed by atoms with E-state index in [0.29, 0.717) is 36.0 Å². The van der Waals surface area contributed by atoms with Gasteiger partial charge in [0.25, 0.3) is 11.1 Å². The SMILES string of the molecule is Cc1c(C#N)c(NC(=O)COC(=O)CCN2CCSC2=O)n(Cc2ccco2)c1C. The van der Waals surface area contributed by atoms with Crippen LogP contribution in [0.2, 0.25) is 0 Å². The smallest absolute Gasteiger partial charge is 0.308 e. The molecular formula is C20H22N4O5S. The average molecular weight is 430 g/mol. The third kappa shape index (κ3) is 4.86. The molecule has 2 aromatic heterocycles. The summed E-state index contributed by atoms with van der Waals surface area (Å²) >= 11 is 1.22. The lowest BCUT2D eigenvalue weighted by Gasteiger charge is -2.14. The lowest BCUT2D eigenvalue weighted by atomic mass is 10.2. The van der Waals surface area contributed by atoms with Gasteiger partial charge in [-0.05, 0) is 31.5 Å². The minimum absolute atomic E-state index is 0.0239. The third-order valence-electron chi connectivity index (χ3n) is 4.89. The number of hydrogen-bond donors (Lipinski definition) is 1. The molecule has 30 heavy (non-hydrogen) atoms. The van der Waals surface area contributed by atoms with Crippen LogP contribution < -0.4 is 5.32 Å². The fourth-order valence-electron chi connectivity index (χ4n) is 3.13. The first-order valence-electron chi connectivity index (χ1n) is 9.40. The second-order valence-electron chi connectivity index (χ2n) is 6.77. The van der Waals surface area contributed by atoms with Gasteiger partial charge >= 0.3 is 5.97 Å². The fourth-order valence-corrected chi connectivity index (χ4v) is 3.98. The molecule has 0 bridgehead atoms. The molecule has 2 amide bonds. The van der Waals surface area contributed by atoms with Gasteiger partial charge in [-0.1, -0.05) is 11.8 Å². The van der Waals surface area contributed by atoms with E-state index in [-0.39, 0.29) is 18.2 Å². The van der Waals surface area contributed by atoms with Gasteiger partial charge in [0.15, 0.2) is 6.61 Å². The number of esters is 1. The normalized spacial score (nSPS) is 13.4. The molecule has 1 fully saturated rings. The van der Waals surface area contributed by atoms with E-state index in [1.165, 1.54) is 11.8 Å². The minimum Gasteiger partial charge on any atom is -0.467 e. The van der Waals surface area contributed by atoms with Crippen molar-refractivity contribution in [3.05, 3.63) is 41.0 Å². The Morgan fingerprint density at radius 3 is 2.83 bits per heavy atom. The predicted molar refractivity (Wildman–Crippen MR) is 110 cm³/mol. The van der Waals surface area contributed by atoms with Gasteiger partial charge in [0, 0.05) is 24.5 Å². The third-order valence-corrected chi connectivity index (χ3v) is 5.78. The molecule has 0 atom stereocenters. The molecule has 1 N–H and O–H groups in total. The van der Waals surface area contributed by atoms with E-state index in [0.717, 1.165) is 11.3 Å². The Balaban J connectivity index is 1.60. The zero-order chi connectivity index (χ0) is 21.7. The fraction of sp³-hybridized carbons (Fsp3) is 0.400. The summed E-state index contributed by atoms with van der Waals surface area (Å²) in [5.41, 5.74) is 1.93. The van der Waals surface area contributed by atoms with E-state index in [2.05, 4.69) is 11.4 Å². The van der Waals surface area contributed by atoms with Crippen LogP contribution in [-0.2, 0) is 20.9 Å². The van der Waals surface area contributed by atoms with Crippen molar-refractivity contribution < 1.29 is 23.5 Å².